The first-order valence-corrected chi connectivity index (χ1v) is 14.6. The average molecular weight is 537 g/mol. The molecule has 198 valence electrons. The molecule has 2 aliphatic heterocycles. The molecular weight excluding hydrogens is 504 g/mol. The second-order valence-corrected chi connectivity index (χ2v) is 12.1. The first-order chi connectivity index (χ1) is 19.1. The minimum atomic E-state index is 0.0240. The van der Waals surface area contributed by atoms with Crippen molar-refractivity contribution in [3.05, 3.63) is 82.5 Å². The van der Waals surface area contributed by atoms with Crippen molar-refractivity contribution in [3.63, 3.8) is 0 Å². The van der Waals surface area contributed by atoms with Crippen LogP contribution in [0.5, 0.6) is 0 Å². The van der Waals surface area contributed by atoms with E-state index in [1.807, 2.05) is 11.8 Å². The Morgan fingerprint density at radius 2 is 2.00 bits per heavy atom. The Hall–Kier alpha value is -3.75. The van der Waals surface area contributed by atoms with Crippen molar-refractivity contribution in [2.75, 3.05) is 19.6 Å². The summed E-state index contributed by atoms with van der Waals surface area (Å²) in [5, 5.41) is 14.8. The number of urea groups is 1. The number of hydrogen-bond donors (Lipinski definition) is 2. The van der Waals surface area contributed by atoms with Crippen LogP contribution in [0, 0.1) is 6.92 Å². The van der Waals surface area contributed by atoms with E-state index in [1.165, 1.54) is 21.0 Å². The fourth-order valence-electron chi connectivity index (χ4n) is 6.08. The quantitative estimate of drug-likeness (QED) is 0.301. The summed E-state index contributed by atoms with van der Waals surface area (Å²) in [5.74, 6) is 0. The second-order valence-electron chi connectivity index (χ2n) is 10.8. The Balaban J connectivity index is 1.01. The summed E-state index contributed by atoms with van der Waals surface area (Å²) in [6.07, 6.45) is 2.89. The van der Waals surface area contributed by atoms with Gasteiger partial charge in [0.05, 0.1) is 27.5 Å². The lowest BCUT2D eigenvalue weighted by atomic mass is 10.0. The van der Waals surface area contributed by atoms with Crippen molar-refractivity contribution in [2.45, 2.75) is 45.3 Å². The van der Waals surface area contributed by atoms with Crippen molar-refractivity contribution in [1.29, 1.82) is 0 Å². The number of thiazole rings is 1. The van der Waals surface area contributed by atoms with Gasteiger partial charge in [-0.2, -0.15) is 5.10 Å². The van der Waals surface area contributed by atoms with Gasteiger partial charge in [0.25, 0.3) is 0 Å². The van der Waals surface area contributed by atoms with Gasteiger partial charge in [0.2, 0.25) is 0 Å². The number of nitrogens with one attached hydrogen (secondary N) is 2. The summed E-state index contributed by atoms with van der Waals surface area (Å²) >= 11 is 1.70. The monoisotopic (exact) mass is 536 g/mol. The van der Waals surface area contributed by atoms with Crippen LogP contribution in [0.3, 0.4) is 0 Å². The molecule has 7 rings (SSSR count). The molecule has 1 fully saturated rings. The number of aromatic nitrogens is 3. The van der Waals surface area contributed by atoms with Gasteiger partial charge in [0.1, 0.15) is 0 Å². The molecule has 0 spiro atoms. The number of carbonyl (C=O) groups is 1. The molecule has 8 heteroatoms. The predicted octanol–water partition coefficient (Wildman–Crippen LogP) is 5.88. The number of likely N-dealkylation sites (tertiary alicyclic amines) is 1. The van der Waals surface area contributed by atoms with E-state index in [1.54, 1.807) is 11.3 Å². The van der Waals surface area contributed by atoms with Gasteiger partial charge in [0, 0.05) is 48.9 Å². The summed E-state index contributed by atoms with van der Waals surface area (Å²) in [4.78, 5) is 22.5. The number of benzene rings is 3. The van der Waals surface area contributed by atoms with Crippen LogP contribution in [0.4, 0.5) is 4.79 Å². The number of piperidine rings is 1. The average Bonchev–Trinajstić information content (AvgIpc) is 3.54. The summed E-state index contributed by atoms with van der Waals surface area (Å²) < 4.78 is 1.18. The Morgan fingerprint density at radius 1 is 1.10 bits per heavy atom. The molecule has 2 amide bonds. The molecule has 5 aromatic rings. The number of aryl methyl sites for hydroxylation is 1. The molecule has 0 aliphatic carbocycles. The highest BCUT2D eigenvalue weighted by atomic mass is 32.1. The minimum Gasteiger partial charge on any atom is -0.334 e. The predicted molar refractivity (Wildman–Crippen MR) is 157 cm³/mol. The SMILES string of the molecule is Cc1nc2cc(-c3n[nH]c4c3CN(C(=O)NC3CCCN(Cc5ccc6ccccc6c5)C3)CC4)ccc2s1. The van der Waals surface area contributed by atoms with Crippen LogP contribution in [0.1, 0.15) is 34.7 Å². The number of hydrogen-bond acceptors (Lipinski definition) is 5. The third-order valence-corrected chi connectivity index (χ3v) is 8.99. The first kappa shape index (κ1) is 24.3. The van der Waals surface area contributed by atoms with E-state index in [-0.39, 0.29) is 12.1 Å². The van der Waals surface area contributed by atoms with E-state index >= 15 is 0 Å². The molecule has 1 unspecified atom stereocenters. The zero-order chi connectivity index (χ0) is 26.3. The molecule has 1 saturated heterocycles. The fraction of sp³-hybridized carbons (Fsp3) is 0.323. The summed E-state index contributed by atoms with van der Waals surface area (Å²) in [6.45, 7) is 6.14. The Morgan fingerprint density at radius 3 is 2.92 bits per heavy atom. The van der Waals surface area contributed by atoms with Gasteiger partial charge in [-0.1, -0.05) is 42.5 Å². The highest BCUT2D eigenvalue weighted by Gasteiger charge is 2.28. The van der Waals surface area contributed by atoms with E-state index in [0.717, 1.165) is 71.9 Å². The summed E-state index contributed by atoms with van der Waals surface area (Å²) in [5.41, 5.74) is 6.54. The Bertz CT molecular complexity index is 1670. The van der Waals surface area contributed by atoms with Crippen LogP contribution in [0.25, 0.3) is 32.2 Å². The molecule has 0 radical (unpaired) electrons. The highest BCUT2D eigenvalue weighted by molar-refractivity contribution is 7.18. The lowest BCUT2D eigenvalue weighted by molar-refractivity contribution is 0.160. The van der Waals surface area contributed by atoms with Crippen molar-refractivity contribution in [2.24, 2.45) is 0 Å². The molecule has 3 aromatic carbocycles. The van der Waals surface area contributed by atoms with Crippen molar-refractivity contribution in [3.8, 4) is 11.3 Å². The molecule has 2 N–H and O–H groups in total. The number of rotatable bonds is 4. The highest BCUT2D eigenvalue weighted by Crippen LogP contribution is 2.32. The molecule has 7 nitrogen and oxygen atoms in total. The number of nitrogens with zero attached hydrogens (tertiary/aromatic N) is 4. The van der Waals surface area contributed by atoms with Gasteiger partial charge >= 0.3 is 6.03 Å². The van der Waals surface area contributed by atoms with Crippen LogP contribution in [0.2, 0.25) is 0 Å². The minimum absolute atomic E-state index is 0.0240. The number of H-pyrrole nitrogens is 1. The maximum Gasteiger partial charge on any atom is 0.317 e. The normalized spacial score (nSPS) is 18.0. The topological polar surface area (TPSA) is 77.1 Å². The van der Waals surface area contributed by atoms with E-state index in [0.29, 0.717) is 13.1 Å². The number of aromatic amines is 1. The van der Waals surface area contributed by atoms with Gasteiger partial charge in [-0.15, -0.1) is 11.3 Å². The first-order valence-electron chi connectivity index (χ1n) is 13.8. The molecule has 1 atom stereocenters. The third-order valence-electron chi connectivity index (χ3n) is 8.04. The van der Waals surface area contributed by atoms with Crippen LogP contribution in [-0.2, 0) is 19.5 Å². The van der Waals surface area contributed by atoms with Gasteiger partial charge < -0.3 is 10.2 Å². The fourth-order valence-corrected chi connectivity index (χ4v) is 6.88. The Kier molecular flexibility index (Phi) is 6.29. The van der Waals surface area contributed by atoms with Gasteiger partial charge in [-0.25, -0.2) is 9.78 Å². The molecule has 0 saturated carbocycles. The van der Waals surface area contributed by atoms with Crippen LogP contribution in [-0.4, -0.2) is 56.7 Å². The lowest BCUT2D eigenvalue weighted by Gasteiger charge is -2.35. The van der Waals surface area contributed by atoms with Crippen molar-refractivity contribution in [1.82, 2.24) is 30.3 Å². The molecule has 39 heavy (non-hydrogen) atoms. The number of fused-ring (bicyclic) bond motifs is 3. The summed E-state index contributed by atoms with van der Waals surface area (Å²) in [6, 6.07) is 21.8. The molecular formula is C31H32N6OS. The molecule has 2 aliphatic rings. The number of carbonyl (C=O) groups excluding carboxylic acids is 1. The Labute approximate surface area is 231 Å². The zero-order valence-electron chi connectivity index (χ0n) is 22.1. The third kappa shape index (κ3) is 4.90. The van der Waals surface area contributed by atoms with Gasteiger partial charge in [0.15, 0.2) is 0 Å². The zero-order valence-corrected chi connectivity index (χ0v) is 22.9. The maximum absolute atomic E-state index is 13.4. The van der Waals surface area contributed by atoms with Crippen molar-refractivity contribution >= 4 is 38.4 Å². The van der Waals surface area contributed by atoms with Crippen LogP contribution in [0.15, 0.2) is 60.7 Å². The standard InChI is InChI=1S/C31H32N6OS/c1-20-32-28-16-24(10-11-29(28)39-20)30-26-19-37(14-12-27(26)34-35-30)31(38)33-25-7-4-13-36(18-25)17-21-8-9-22-5-2-3-6-23(22)15-21/h2-3,5-6,8-11,15-16,25H,4,7,12-14,17-19H2,1H3,(H,33,38)(H,34,35). The smallest absolute Gasteiger partial charge is 0.317 e. The van der Waals surface area contributed by atoms with Crippen molar-refractivity contribution < 1.29 is 4.79 Å². The van der Waals surface area contributed by atoms with Crippen LogP contribution >= 0.6 is 11.3 Å². The molecule has 4 heterocycles. The lowest BCUT2D eigenvalue weighted by Crippen LogP contribution is -2.52. The van der Waals surface area contributed by atoms with E-state index < -0.39 is 0 Å². The van der Waals surface area contributed by atoms with E-state index in [9.17, 15) is 4.79 Å². The van der Waals surface area contributed by atoms with Crippen LogP contribution < -0.4 is 5.32 Å². The maximum atomic E-state index is 13.4. The van der Waals surface area contributed by atoms with E-state index in [2.05, 4.69) is 86.1 Å². The molecule has 2 aromatic heterocycles. The second kappa shape index (κ2) is 10.1. The van der Waals surface area contributed by atoms with Gasteiger partial charge in [-0.05, 0) is 60.8 Å². The number of amides is 2. The summed E-state index contributed by atoms with van der Waals surface area (Å²) in [7, 11) is 0. The van der Waals surface area contributed by atoms with Gasteiger partial charge in [-0.3, -0.25) is 10.00 Å². The molecule has 0 bridgehead atoms. The largest absolute Gasteiger partial charge is 0.334 e. The van der Waals surface area contributed by atoms with E-state index in [4.69, 9.17) is 0 Å².